The zero-order valence-electron chi connectivity index (χ0n) is 17.3. The fourth-order valence-electron chi connectivity index (χ4n) is 2.66. The van der Waals surface area contributed by atoms with Crippen molar-refractivity contribution in [1.82, 2.24) is 10.7 Å². The number of hydrogen-bond acceptors (Lipinski definition) is 5. The second-order valence-electron chi connectivity index (χ2n) is 6.56. The molecule has 0 fully saturated rings. The molecule has 0 aromatic heterocycles. The molecule has 28 heavy (non-hydrogen) atoms. The molecule has 0 aliphatic rings. The van der Waals surface area contributed by atoms with E-state index >= 15 is 0 Å². The van der Waals surface area contributed by atoms with Crippen LogP contribution >= 0.6 is 0 Å². The Bertz CT molecular complexity index is 632. The summed E-state index contributed by atoms with van der Waals surface area (Å²) in [6.07, 6.45) is 10.1. The van der Waals surface area contributed by atoms with Gasteiger partial charge in [0.15, 0.2) is 11.5 Å². The summed E-state index contributed by atoms with van der Waals surface area (Å²) in [6, 6.07) is 5.30. The molecule has 2 amide bonds. The lowest BCUT2D eigenvalue weighted by atomic mass is 10.1. The molecule has 0 saturated carbocycles. The van der Waals surface area contributed by atoms with Crippen LogP contribution in [0.2, 0.25) is 0 Å². The molecule has 0 spiro atoms. The summed E-state index contributed by atoms with van der Waals surface area (Å²) in [5.41, 5.74) is 3.14. The Labute approximate surface area is 167 Å². The van der Waals surface area contributed by atoms with Crippen molar-refractivity contribution in [3.05, 3.63) is 23.8 Å². The molecule has 0 aliphatic carbocycles. The lowest BCUT2D eigenvalue weighted by molar-refractivity contribution is -0.126. The molecular weight excluding hydrogens is 358 g/mol. The van der Waals surface area contributed by atoms with E-state index in [0.717, 1.165) is 18.4 Å². The molecule has 7 heteroatoms. The molecule has 0 bridgehead atoms. The van der Waals surface area contributed by atoms with E-state index in [1.165, 1.54) is 38.3 Å². The second kappa shape index (κ2) is 14.5. The molecular formula is C21H33N3O4. The molecule has 0 saturated heterocycles. The largest absolute Gasteiger partial charge is 0.493 e. The predicted molar refractivity (Wildman–Crippen MR) is 111 cm³/mol. The normalized spacial score (nSPS) is 10.7. The van der Waals surface area contributed by atoms with E-state index in [9.17, 15) is 9.59 Å². The van der Waals surface area contributed by atoms with Gasteiger partial charge in [-0.3, -0.25) is 9.59 Å². The van der Waals surface area contributed by atoms with Crippen LogP contribution in [0.3, 0.4) is 0 Å². The van der Waals surface area contributed by atoms with E-state index in [2.05, 4.69) is 22.8 Å². The van der Waals surface area contributed by atoms with Crippen molar-refractivity contribution in [2.24, 2.45) is 5.10 Å². The Morgan fingerprint density at radius 2 is 1.64 bits per heavy atom. The summed E-state index contributed by atoms with van der Waals surface area (Å²) in [4.78, 5) is 23.5. The van der Waals surface area contributed by atoms with Crippen LogP contribution in [-0.2, 0) is 9.59 Å². The standard InChI is InChI=1S/C21H33N3O4/c1-4-5-6-7-8-9-10-11-20(25)22-16-21(26)24-23-15-17-12-13-18(27-2)19(14-17)28-3/h12-15H,4-11,16H2,1-3H3,(H,22,25)(H,24,26)/b23-15-. The Hall–Kier alpha value is -2.57. The van der Waals surface area contributed by atoms with Gasteiger partial charge in [0.1, 0.15) is 0 Å². The minimum atomic E-state index is -0.371. The number of nitrogens with one attached hydrogen (secondary N) is 2. The van der Waals surface area contributed by atoms with Crippen molar-refractivity contribution in [1.29, 1.82) is 0 Å². The van der Waals surface area contributed by atoms with Gasteiger partial charge in [-0.25, -0.2) is 5.43 Å². The number of carbonyl (C=O) groups is 2. The van der Waals surface area contributed by atoms with Crippen LogP contribution in [-0.4, -0.2) is 38.8 Å². The van der Waals surface area contributed by atoms with Gasteiger partial charge in [-0.2, -0.15) is 5.10 Å². The maximum Gasteiger partial charge on any atom is 0.259 e. The zero-order chi connectivity index (χ0) is 20.6. The van der Waals surface area contributed by atoms with Gasteiger partial charge in [-0.1, -0.05) is 45.4 Å². The van der Waals surface area contributed by atoms with Crippen molar-refractivity contribution in [2.75, 3.05) is 20.8 Å². The van der Waals surface area contributed by atoms with Crippen LogP contribution in [0.5, 0.6) is 11.5 Å². The average molecular weight is 392 g/mol. The van der Waals surface area contributed by atoms with Crippen molar-refractivity contribution in [2.45, 2.75) is 58.3 Å². The van der Waals surface area contributed by atoms with Gasteiger partial charge in [0.05, 0.1) is 27.0 Å². The highest BCUT2D eigenvalue weighted by Crippen LogP contribution is 2.26. The van der Waals surface area contributed by atoms with Crippen molar-refractivity contribution in [3.63, 3.8) is 0 Å². The number of hydrogen-bond donors (Lipinski definition) is 2. The molecule has 0 unspecified atom stereocenters. The van der Waals surface area contributed by atoms with E-state index in [1.807, 2.05) is 0 Å². The molecule has 1 rings (SSSR count). The van der Waals surface area contributed by atoms with Crippen molar-refractivity contribution in [3.8, 4) is 11.5 Å². The molecule has 7 nitrogen and oxygen atoms in total. The number of amides is 2. The van der Waals surface area contributed by atoms with Gasteiger partial charge in [0.25, 0.3) is 5.91 Å². The number of benzene rings is 1. The van der Waals surface area contributed by atoms with Crippen LogP contribution in [0.25, 0.3) is 0 Å². The zero-order valence-corrected chi connectivity index (χ0v) is 17.3. The molecule has 156 valence electrons. The van der Waals surface area contributed by atoms with Gasteiger partial charge in [-0.15, -0.1) is 0 Å². The molecule has 0 heterocycles. The molecule has 2 N–H and O–H groups in total. The number of carbonyl (C=O) groups excluding carboxylic acids is 2. The molecule has 1 aromatic rings. The number of unbranched alkanes of at least 4 members (excludes halogenated alkanes) is 6. The SMILES string of the molecule is CCCCCCCCCC(=O)NCC(=O)N/N=C\c1ccc(OC)c(OC)c1. The quantitative estimate of drug-likeness (QED) is 0.289. The van der Waals surface area contributed by atoms with Crippen LogP contribution < -0.4 is 20.2 Å². The van der Waals surface area contributed by atoms with Crippen LogP contribution in [0.1, 0.15) is 63.9 Å². The number of rotatable bonds is 14. The van der Waals surface area contributed by atoms with E-state index in [4.69, 9.17) is 9.47 Å². The second-order valence-corrected chi connectivity index (χ2v) is 6.56. The Kier molecular flexibility index (Phi) is 12.1. The lowest BCUT2D eigenvalue weighted by Gasteiger charge is -2.07. The van der Waals surface area contributed by atoms with E-state index < -0.39 is 0 Å². The first-order valence-electron chi connectivity index (χ1n) is 9.91. The van der Waals surface area contributed by atoms with Gasteiger partial charge < -0.3 is 14.8 Å². The Morgan fingerprint density at radius 1 is 0.964 bits per heavy atom. The predicted octanol–water partition coefficient (Wildman–Crippen LogP) is 3.41. The highest BCUT2D eigenvalue weighted by atomic mass is 16.5. The van der Waals surface area contributed by atoms with E-state index in [-0.39, 0.29) is 18.4 Å². The van der Waals surface area contributed by atoms with Crippen LogP contribution in [0.4, 0.5) is 0 Å². The molecule has 0 radical (unpaired) electrons. The third kappa shape index (κ3) is 9.94. The molecule has 0 aliphatic heterocycles. The topological polar surface area (TPSA) is 89.0 Å². The minimum Gasteiger partial charge on any atom is -0.493 e. The maximum absolute atomic E-state index is 11.8. The summed E-state index contributed by atoms with van der Waals surface area (Å²) in [7, 11) is 3.11. The Morgan fingerprint density at radius 3 is 2.32 bits per heavy atom. The van der Waals surface area contributed by atoms with Crippen LogP contribution in [0, 0.1) is 0 Å². The van der Waals surface area contributed by atoms with Crippen molar-refractivity contribution < 1.29 is 19.1 Å². The van der Waals surface area contributed by atoms with E-state index in [0.29, 0.717) is 17.9 Å². The Balaban J connectivity index is 2.20. The summed E-state index contributed by atoms with van der Waals surface area (Å²) >= 11 is 0. The first kappa shape index (κ1) is 23.5. The lowest BCUT2D eigenvalue weighted by Crippen LogP contribution is -2.34. The summed E-state index contributed by atoms with van der Waals surface area (Å²) in [6.45, 7) is 2.11. The van der Waals surface area contributed by atoms with Gasteiger partial charge in [-0.05, 0) is 30.2 Å². The third-order valence-electron chi connectivity index (χ3n) is 4.26. The first-order valence-corrected chi connectivity index (χ1v) is 9.91. The number of nitrogens with zero attached hydrogens (tertiary/aromatic N) is 1. The number of ether oxygens (including phenoxy) is 2. The summed E-state index contributed by atoms with van der Waals surface area (Å²) < 4.78 is 10.4. The minimum absolute atomic E-state index is 0.0847. The fraction of sp³-hybridized carbons (Fsp3) is 0.571. The summed E-state index contributed by atoms with van der Waals surface area (Å²) in [5, 5.41) is 6.50. The average Bonchev–Trinajstić information content (AvgIpc) is 2.71. The van der Waals surface area contributed by atoms with Gasteiger partial charge >= 0.3 is 0 Å². The van der Waals surface area contributed by atoms with E-state index in [1.54, 1.807) is 32.4 Å². The van der Waals surface area contributed by atoms with Gasteiger partial charge in [0.2, 0.25) is 5.91 Å². The molecule has 1 aromatic carbocycles. The number of methoxy groups -OCH3 is 2. The van der Waals surface area contributed by atoms with Crippen molar-refractivity contribution >= 4 is 18.0 Å². The monoisotopic (exact) mass is 391 g/mol. The summed E-state index contributed by atoms with van der Waals surface area (Å²) in [5.74, 6) is 0.722. The smallest absolute Gasteiger partial charge is 0.259 e. The van der Waals surface area contributed by atoms with Gasteiger partial charge in [0, 0.05) is 6.42 Å². The molecule has 0 atom stereocenters. The van der Waals surface area contributed by atoms with Crippen LogP contribution in [0.15, 0.2) is 23.3 Å². The number of hydrazone groups is 1. The highest BCUT2D eigenvalue weighted by molar-refractivity contribution is 5.86. The first-order chi connectivity index (χ1) is 13.6. The highest BCUT2D eigenvalue weighted by Gasteiger charge is 2.05. The maximum atomic E-state index is 11.8. The fourth-order valence-corrected chi connectivity index (χ4v) is 2.66. The third-order valence-corrected chi connectivity index (χ3v) is 4.26.